The van der Waals surface area contributed by atoms with Crippen molar-refractivity contribution in [2.75, 3.05) is 13.1 Å². The lowest BCUT2D eigenvalue weighted by molar-refractivity contribution is 0.667. The fourth-order valence-corrected chi connectivity index (χ4v) is 2.21. The van der Waals surface area contributed by atoms with E-state index in [0.717, 1.165) is 43.0 Å². The van der Waals surface area contributed by atoms with E-state index in [-0.39, 0.29) is 0 Å². The molecule has 2 aromatic heterocycles. The van der Waals surface area contributed by atoms with Crippen LogP contribution in [0.1, 0.15) is 30.3 Å². The number of nitrogens with one attached hydrogen (secondary N) is 1. The first-order valence-corrected chi connectivity index (χ1v) is 7.03. The Labute approximate surface area is 119 Å². The van der Waals surface area contributed by atoms with Crippen molar-refractivity contribution in [1.82, 2.24) is 25.3 Å². The molecule has 2 aromatic rings. The van der Waals surface area contributed by atoms with Crippen LogP contribution in [0.25, 0.3) is 11.5 Å². The quantitative estimate of drug-likeness (QED) is 0.815. The fraction of sp³-hybridized carbons (Fsp3) is 0.467. The highest BCUT2D eigenvalue weighted by Crippen LogP contribution is 2.17. The molecule has 0 aliphatic carbocycles. The van der Waals surface area contributed by atoms with Gasteiger partial charge in [0.15, 0.2) is 5.82 Å². The van der Waals surface area contributed by atoms with E-state index < -0.39 is 0 Å². The molecule has 20 heavy (non-hydrogen) atoms. The predicted molar refractivity (Wildman–Crippen MR) is 79.4 cm³/mol. The van der Waals surface area contributed by atoms with Crippen LogP contribution in [-0.2, 0) is 6.42 Å². The summed E-state index contributed by atoms with van der Waals surface area (Å²) < 4.78 is 0. The van der Waals surface area contributed by atoms with Crippen LogP contribution in [-0.4, -0.2) is 33.0 Å². The van der Waals surface area contributed by atoms with Gasteiger partial charge >= 0.3 is 0 Å². The molecule has 106 valence electrons. The van der Waals surface area contributed by atoms with Gasteiger partial charge in [0, 0.05) is 17.6 Å². The largest absolute Gasteiger partial charge is 0.317 e. The smallest absolute Gasteiger partial charge is 0.178 e. The zero-order valence-corrected chi connectivity index (χ0v) is 12.3. The summed E-state index contributed by atoms with van der Waals surface area (Å²) in [5, 5.41) is 3.34. The van der Waals surface area contributed by atoms with E-state index in [4.69, 9.17) is 0 Å². The van der Waals surface area contributed by atoms with Crippen molar-refractivity contribution in [2.24, 2.45) is 0 Å². The van der Waals surface area contributed by atoms with Crippen molar-refractivity contribution in [3.63, 3.8) is 0 Å². The van der Waals surface area contributed by atoms with E-state index in [0.29, 0.717) is 5.82 Å². The molecular weight excluding hydrogens is 250 g/mol. The van der Waals surface area contributed by atoms with Gasteiger partial charge in [-0.2, -0.15) is 0 Å². The standard InChI is InChI=1S/C15H21N5/c1-4-16-8-5-6-13-11(2)19-15(20-12(13)3)14-7-9-17-10-18-14/h7,9-10,16H,4-6,8H2,1-3H3. The molecule has 0 saturated heterocycles. The van der Waals surface area contributed by atoms with Crippen molar-refractivity contribution < 1.29 is 0 Å². The van der Waals surface area contributed by atoms with E-state index in [1.807, 2.05) is 19.9 Å². The van der Waals surface area contributed by atoms with Crippen molar-refractivity contribution in [3.8, 4) is 11.5 Å². The van der Waals surface area contributed by atoms with Gasteiger partial charge in [-0.25, -0.2) is 19.9 Å². The van der Waals surface area contributed by atoms with Crippen molar-refractivity contribution in [1.29, 1.82) is 0 Å². The second-order valence-electron chi connectivity index (χ2n) is 4.75. The molecule has 1 N–H and O–H groups in total. The third-order valence-electron chi connectivity index (χ3n) is 3.26. The molecule has 0 radical (unpaired) electrons. The minimum absolute atomic E-state index is 0.679. The molecule has 0 aliphatic rings. The highest BCUT2D eigenvalue weighted by atomic mass is 14.9. The van der Waals surface area contributed by atoms with Gasteiger partial charge in [-0.15, -0.1) is 0 Å². The van der Waals surface area contributed by atoms with Crippen molar-refractivity contribution >= 4 is 0 Å². The van der Waals surface area contributed by atoms with Gasteiger partial charge in [0.1, 0.15) is 12.0 Å². The Hall–Kier alpha value is -1.88. The molecule has 0 bridgehead atoms. The van der Waals surface area contributed by atoms with E-state index in [9.17, 15) is 0 Å². The first-order valence-electron chi connectivity index (χ1n) is 7.03. The van der Waals surface area contributed by atoms with Gasteiger partial charge in [0.2, 0.25) is 0 Å². The molecule has 0 amide bonds. The lowest BCUT2D eigenvalue weighted by Gasteiger charge is -2.10. The molecule has 0 atom stereocenters. The fourth-order valence-electron chi connectivity index (χ4n) is 2.21. The van der Waals surface area contributed by atoms with Crippen molar-refractivity contribution in [2.45, 2.75) is 33.6 Å². The summed E-state index contributed by atoms with van der Waals surface area (Å²) >= 11 is 0. The van der Waals surface area contributed by atoms with E-state index in [2.05, 4.69) is 32.2 Å². The maximum absolute atomic E-state index is 4.58. The number of aromatic nitrogens is 4. The van der Waals surface area contributed by atoms with Gasteiger partial charge in [-0.05, 0) is 51.4 Å². The normalized spacial score (nSPS) is 10.8. The summed E-state index contributed by atoms with van der Waals surface area (Å²) in [6.45, 7) is 8.25. The Balaban J connectivity index is 2.17. The van der Waals surface area contributed by atoms with Crippen LogP contribution in [0.15, 0.2) is 18.6 Å². The van der Waals surface area contributed by atoms with Crippen LogP contribution in [0, 0.1) is 13.8 Å². The monoisotopic (exact) mass is 271 g/mol. The Morgan fingerprint density at radius 3 is 2.50 bits per heavy atom. The second-order valence-corrected chi connectivity index (χ2v) is 4.75. The maximum Gasteiger partial charge on any atom is 0.178 e. The lowest BCUT2D eigenvalue weighted by atomic mass is 10.1. The van der Waals surface area contributed by atoms with Crippen LogP contribution in [0.5, 0.6) is 0 Å². The Morgan fingerprint density at radius 1 is 1.15 bits per heavy atom. The van der Waals surface area contributed by atoms with Gasteiger partial charge in [-0.3, -0.25) is 0 Å². The summed E-state index contributed by atoms with van der Waals surface area (Å²) in [5.74, 6) is 0.679. The average molecular weight is 271 g/mol. The SMILES string of the molecule is CCNCCCc1c(C)nc(-c2ccncn2)nc1C. The second kappa shape index (κ2) is 7.05. The number of hydrogen-bond donors (Lipinski definition) is 1. The molecule has 0 aromatic carbocycles. The van der Waals surface area contributed by atoms with E-state index in [1.54, 1.807) is 6.20 Å². The highest BCUT2D eigenvalue weighted by molar-refractivity contribution is 5.49. The molecular formula is C15H21N5. The van der Waals surface area contributed by atoms with Gasteiger partial charge < -0.3 is 5.32 Å². The number of hydrogen-bond acceptors (Lipinski definition) is 5. The third kappa shape index (κ3) is 3.57. The highest BCUT2D eigenvalue weighted by Gasteiger charge is 2.10. The minimum atomic E-state index is 0.679. The van der Waals surface area contributed by atoms with Crippen LogP contribution in [0.3, 0.4) is 0 Å². The van der Waals surface area contributed by atoms with E-state index in [1.165, 1.54) is 11.9 Å². The Morgan fingerprint density at radius 2 is 1.90 bits per heavy atom. The molecule has 0 spiro atoms. The maximum atomic E-state index is 4.58. The minimum Gasteiger partial charge on any atom is -0.317 e. The summed E-state index contributed by atoms with van der Waals surface area (Å²) in [5.41, 5.74) is 4.11. The molecule has 0 unspecified atom stereocenters. The van der Waals surface area contributed by atoms with Gasteiger partial charge in [-0.1, -0.05) is 6.92 Å². The first-order chi connectivity index (χ1) is 9.72. The van der Waals surface area contributed by atoms with Gasteiger partial charge in [0.25, 0.3) is 0 Å². The van der Waals surface area contributed by atoms with E-state index >= 15 is 0 Å². The summed E-state index contributed by atoms with van der Waals surface area (Å²) in [6.07, 6.45) is 5.34. The Kier molecular flexibility index (Phi) is 5.12. The molecule has 2 heterocycles. The summed E-state index contributed by atoms with van der Waals surface area (Å²) in [6, 6.07) is 1.83. The number of nitrogens with zero attached hydrogens (tertiary/aromatic N) is 4. The molecule has 2 rings (SSSR count). The third-order valence-corrected chi connectivity index (χ3v) is 3.26. The van der Waals surface area contributed by atoms with Crippen LogP contribution >= 0.6 is 0 Å². The van der Waals surface area contributed by atoms with Crippen LogP contribution in [0.4, 0.5) is 0 Å². The first kappa shape index (κ1) is 14.5. The topological polar surface area (TPSA) is 63.6 Å². The molecule has 5 nitrogen and oxygen atoms in total. The van der Waals surface area contributed by atoms with Crippen molar-refractivity contribution in [3.05, 3.63) is 35.5 Å². The molecule has 0 aliphatic heterocycles. The zero-order valence-electron chi connectivity index (χ0n) is 12.3. The summed E-state index contributed by atoms with van der Waals surface area (Å²) in [4.78, 5) is 17.3. The van der Waals surface area contributed by atoms with Crippen LogP contribution < -0.4 is 5.32 Å². The lowest BCUT2D eigenvalue weighted by Crippen LogP contribution is -2.15. The zero-order chi connectivity index (χ0) is 14.4. The average Bonchev–Trinajstić information content (AvgIpc) is 2.46. The number of aryl methyl sites for hydroxylation is 2. The molecule has 0 fully saturated rings. The van der Waals surface area contributed by atoms with Gasteiger partial charge in [0.05, 0.1) is 0 Å². The molecule has 5 heteroatoms. The molecule has 0 saturated carbocycles. The predicted octanol–water partition coefficient (Wildman–Crippen LogP) is 2.09. The number of rotatable bonds is 6. The Bertz CT molecular complexity index is 530. The van der Waals surface area contributed by atoms with Crippen LogP contribution in [0.2, 0.25) is 0 Å². The summed E-state index contributed by atoms with van der Waals surface area (Å²) in [7, 11) is 0.